The van der Waals surface area contributed by atoms with E-state index in [-0.39, 0.29) is 5.82 Å². The average molecular weight is 205 g/mol. The molecule has 78 valence electrons. The summed E-state index contributed by atoms with van der Waals surface area (Å²) in [6.07, 6.45) is 1.56. The minimum Gasteiger partial charge on any atom is -0.396 e. The molecule has 1 aromatic heterocycles. The number of rotatable bonds is 1. The Morgan fingerprint density at radius 3 is 2.67 bits per heavy atom. The van der Waals surface area contributed by atoms with Crippen molar-refractivity contribution in [3.05, 3.63) is 35.8 Å². The molecule has 15 heavy (non-hydrogen) atoms. The second-order valence-electron chi connectivity index (χ2n) is 3.54. The molecule has 2 N–H and O–H groups in total. The zero-order chi connectivity index (χ0) is 11.0. The second-order valence-corrected chi connectivity index (χ2v) is 3.54. The number of halogens is 1. The maximum absolute atomic E-state index is 13.4. The SMILES string of the molecule is Cc1ccc(-c2c(N)cnn2C)cc1F. The number of nitrogens with two attached hydrogens (primary N) is 1. The number of nitrogen functional groups attached to an aromatic ring is 1. The van der Waals surface area contributed by atoms with Crippen molar-refractivity contribution in [2.75, 3.05) is 5.73 Å². The van der Waals surface area contributed by atoms with Gasteiger partial charge in [0.1, 0.15) is 5.82 Å². The number of nitrogens with zero attached hydrogens (tertiary/aromatic N) is 2. The van der Waals surface area contributed by atoms with Crippen molar-refractivity contribution in [2.24, 2.45) is 7.05 Å². The molecule has 2 rings (SSSR count). The van der Waals surface area contributed by atoms with Gasteiger partial charge in [0.05, 0.1) is 17.6 Å². The minimum absolute atomic E-state index is 0.229. The lowest BCUT2D eigenvalue weighted by Gasteiger charge is -2.05. The van der Waals surface area contributed by atoms with Gasteiger partial charge < -0.3 is 5.73 Å². The Bertz CT molecular complexity index is 483. The minimum atomic E-state index is -0.229. The summed E-state index contributed by atoms with van der Waals surface area (Å²) in [6.45, 7) is 1.73. The van der Waals surface area contributed by atoms with Crippen molar-refractivity contribution >= 4 is 5.69 Å². The van der Waals surface area contributed by atoms with E-state index in [1.165, 1.54) is 6.07 Å². The van der Waals surface area contributed by atoms with E-state index in [9.17, 15) is 4.39 Å². The van der Waals surface area contributed by atoms with Crippen LogP contribution < -0.4 is 5.73 Å². The molecule has 0 aliphatic carbocycles. The van der Waals surface area contributed by atoms with Crippen LogP contribution in [0, 0.1) is 12.7 Å². The van der Waals surface area contributed by atoms with Crippen LogP contribution in [-0.4, -0.2) is 9.78 Å². The maximum Gasteiger partial charge on any atom is 0.126 e. The largest absolute Gasteiger partial charge is 0.396 e. The monoisotopic (exact) mass is 205 g/mol. The summed E-state index contributed by atoms with van der Waals surface area (Å²) in [5, 5.41) is 4.01. The molecule has 0 bridgehead atoms. The molecule has 1 heterocycles. The molecule has 0 fully saturated rings. The van der Waals surface area contributed by atoms with Gasteiger partial charge in [-0.15, -0.1) is 0 Å². The Morgan fingerprint density at radius 1 is 1.40 bits per heavy atom. The van der Waals surface area contributed by atoms with Crippen LogP contribution in [0.15, 0.2) is 24.4 Å². The van der Waals surface area contributed by atoms with Crippen molar-refractivity contribution in [1.82, 2.24) is 9.78 Å². The summed E-state index contributed by atoms with van der Waals surface area (Å²) in [6, 6.07) is 5.05. The first-order valence-electron chi connectivity index (χ1n) is 4.63. The Morgan fingerprint density at radius 2 is 2.13 bits per heavy atom. The Balaban J connectivity index is 2.59. The topological polar surface area (TPSA) is 43.8 Å². The molecule has 0 radical (unpaired) electrons. The Labute approximate surface area is 87.3 Å². The third kappa shape index (κ3) is 1.58. The van der Waals surface area contributed by atoms with Gasteiger partial charge in [-0.05, 0) is 18.6 Å². The molecule has 0 spiro atoms. The van der Waals surface area contributed by atoms with Gasteiger partial charge in [0.2, 0.25) is 0 Å². The molecule has 0 unspecified atom stereocenters. The third-order valence-corrected chi connectivity index (χ3v) is 2.41. The van der Waals surface area contributed by atoms with Crippen LogP contribution >= 0.6 is 0 Å². The molecule has 4 heteroatoms. The predicted molar refractivity (Wildman–Crippen MR) is 57.8 cm³/mol. The van der Waals surface area contributed by atoms with Crippen LogP contribution in [0.2, 0.25) is 0 Å². The lowest BCUT2D eigenvalue weighted by molar-refractivity contribution is 0.618. The highest BCUT2D eigenvalue weighted by atomic mass is 19.1. The summed E-state index contributed by atoms with van der Waals surface area (Å²) < 4.78 is 15.0. The summed E-state index contributed by atoms with van der Waals surface area (Å²) in [5.74, 6) is -0.229. The molecule has 3 nitrogen and oxygen atoms in total. The van der Waals surface area contributed by atoms with Crippen LogP contribution in [0.3, 0.4) is 0 Å². The molecule has 0 atom stereocenters. The van der Waals surface area contributed by atoms with Gasteiger partial charge in [-0.2, -0.15) is 5.10 Å². The highest BCUT2D eigenvalue weighted by molar-refractivity contribution is 5.72. The first kappa shape index (κ1) is 9.71. The van der Waals surface area contributed by atoms with Gasteiger partial charge in [-0.3, -0.25) is 4.68 Å². The van der Waals surface area contributed by atoms with E-state index in [1.54, 1.807) is 30.9 Å². The summed E-state index contributed by atoms with van der Waals surface area (Å²) >= 11 is 0. The molecular formula is C11H12FN3. The second kappa shape index (κ2) is 3.38. The van der Waals surface area contributed by atoms with E-state index in [0.717, 1.165) is 11.3 Å². The smallest absolute Gasteiger partial charge is 0.126 e. The maximum atomic E-state index is 13.4. The number of benzene rings is 1. The average Bonchev–Trinajstić information content (AvgIpc) is 2.52. The van der Waals surface area contributed by atoms with E-state index >= 15 is 0 Å². The van der Waals surface area contributed by atoms with Crippen LogP contribution in [0.4, 0.5) is 10.1 Å². The molecular weight excluding hydrogens is 193 g/mol. The predicted octanol–water partition coefficient (Wildman–Crippen LogP) is 2.12. The van der Waals surface area contributed by atoms with Gasteiger partial charge in [0.25, 0.3) is 0 Å². The summed E-state index contributed by atoms with van der Waals surface area (Å²) in [5.41, 5.74) is 8.43. The van der Waals surface area contributed by atoms with Crippen LogP contribution in [0.25, 0.3) is 11.3 Å². The standard InChI is InChI=1S/C11H12FN3/c1-7-3-4-8(5-9(7)12)11-10(13)6-14-15(11)2/h3-6H,13H2,1-2H3. The highest BCUT2D eigenvalue weighted by Crippen LogP contribution is 2.26. The van der Waals surface area contributed by atoms with Crippen molar-refractivity contribution in [2.45, 2.75) is 6.92 Å². The van der Waals surface area contributed by atoms with E-state index in [0.29, 0.717) is 11.3 Å². The zero-order valence-corrected chi connectivity index (χ0v) is 8.66. The Kier molecular flexibility index (Phi) is 2.19. The normalized spacial score (nSPS) is 10.6. The molecule has 2 aromatic rings. The first-order chi connectivity index (χ1) is 7.09. The molecule has 1 aromatic carbocycles. The van der Waals surface area contributed by atoms with Crippen molar-refractivity contribution < 1.29 is 4.39 Å². The Hall–Kier alpha value is -1.84. The number of hydrogen-bond donors (Lipinski definition) is 1. The zero-order valence-electron chi connectivity index (χ0n) is 8.66. The lowest BCUT2D eigenvalue weighted by atomic mass is 10.1. The molecule has 0 saturated carbocycles. The number of anilines is 1. The van der Waals surface area contributed by atoms with Gasteiger partial charge in [0.15, 0.2) is 0 Å². The third-order valence-electron chi connectivity index (χ3n) is 2.41. The molecule has 0 amide bonds. The number of aromatic nitrogens is 2. The van der Waals surface area contributed by atoms with Crippen LogP contribution in [0.1, 0.15) is 5.56 Å². The van der Waals surface area contributed by atoms with Gasteiger partial charge in [0, 0.05) is 12.6 Å². The fourth-order valence-electron chi connectivity index (χ4n) is 1.55. The fraction of sp³-hybridized carbons (Fsp3) is 0.182. The summed E-state index contributed by atoms with van der Waals surface area (Å²) in [7, 11) is 1.78. The van der Waals surface area contributed by atoms with Gasteiger partial charge in [-0.1, -0.05) is 12.1 Å². The summed E-state index contributed by atoms with van der Waals surface area (Å²) in [4.78, 5) is 0. The van der Waals surface area contributed by atoms with Crippen molar-refractivity contribution in [3.63, 3.8) is 0 Å². The quantitative estimate of drug-likeness (QED) is 0.774. The van der Waals surface area contributed by atoms with Crippen molar-refractivity contribution in [1.29, 1.82) is 0 Å². The van der Waals surface area contributed by atoms with Crippen molar-refractivity contribution in [3.8, 4) is 11.3 Å². The van der Waals surface area contributed by atoms with Gasteiger partial charge in [-0.25, -0.2) is 4.39 Å². The van der Waals surface area contributed by atoms with Gasteiger partial charge >= 0.3 is 0 Å². The van der Waals surface area contributed by atoms with Crippen LogP contribution in [-0.2, 0) is 7.05 Å². The lowest BCUT2D eigenvalue weighted by Crippen LogP contribution is -1.96. The van der Waals surface area contributed by atoms with E-state index in [4.69, 9.17) is 5.73 Å². The van der Waals surface area contributed by atoms with E-state index in [2.05, 4.69) is 5.10 Å². The first-order valence-corrected chi connectivity index (χ1v) is 4.63. The fourth-order valence-corrected chi connectivity index (χ4v) is 1.55. The van der Waals surface area contributed by atoms with E-state index < -0.39 is 0 Å². The molecule has 0 saturated heterocycles. The van der Waals surface area contributed by atoms with Crippen LogP contribution in [0.5, 0.6) is 0 Å². The number of aryl methyl sites for hydroxylation is 2. The highest BCUT2D eigenvalue weighted by Gasteiger charge is 2.09. The van der Waals surface area contributed by atoms with E-state index in [1.807, 2.05) is 6.07 Å². The number of hydrogen-bond acceptors (Lipinski definition) is 2. The molecule has 0 aliphatic heterocycles. The molecule has 0 aliphatic rings.